The molecule has 2 unspecified atom stereocenters. The number of aliphatic hydroxyl groups excluding tert-OH is 1. The Hall–Kier alpha value is -1.93. The van der Waals surface area contributed by atoms with Gasteiger partial charge in [0.15, 0.2) is 0 Å². The number of morpholine rings is 1. The minimum atomic E-state index is 0.117. The summed E-state index contributed by atoms with van der Waals surface area (Å²) in [6.45, 7) is 3.59. The molecule has 2 saturated heterocycles. The summed E-state index contributed by atoms with van der Waals surface area (Å²) < 4.78 is 11.9. The van der Waals surface area contributed by atoms with E-state index in [-0.39, 0.29) is 12.7 Å². The summed E-state index contributed by atoms with van der Waals surface area (Å²) in [5.74, 6) is 1.28. The van der Waals surface area contributed by atoms with Crippen molar-refractivity contribution >= 4 is 23.1 Å². The molecule has 0 radical (unpaired) electrons. The van der Waals surface area contributed by atoms with Crippen LogP contribution in [0.25, 0.3) is 0 Å². The molecule has 2 aromatic rings. The largest absolute Gasteiger partial charge is 0.474 e. The lowest BCUT2D eigenvalue weighted by Crippen LogP contribution is -2.56. The van der Waals surface area contributed by atoms with Crippen LogP contribution in [0.2, 0.25) is 5.02 Å². The molecule has 3 N–H and O–H groups in total. The Labute approximate surface area is 175 Å². The fourth-order valence-electron chi connectivity index (χ4n) is 3.94. The number of rotatable bonds is 7. The van der Waals surface area contributed by atoms with Gasteiger partial charge in [0, 0.05) is 31.5 Å². The van der Waals surface area contributed by atoms with Gasteiger partial charge in [0.2, 0.25) is 5.88 Å². The number of hydrogen-bond donors (Lipinski definition) is 3. The second kappa shape index (κ2) is 9.26. The topological polar surface area (TPSA) is 88.5 Å². The van der Waals surface area contributed by atoms with E-state index < -0.39 is 0 Å². The van der Waals surface area contributed by atoms with Crippen molar-refractivity contribution in [1.82, 2.24) is 15.3 Å². The second-order valence-corrected chi connectivity index (χ2v) is 8.14. The van der Waals surface area contributed by atoms with Crippen LogP contribution in [0.15, 0.2) is 24.5 Å². The summed E-state index contributed by atoms with van der Waals surface area (Å²) in [5.41, 5.74) is 2.73. The number of piperidine rings is 1. The van der Waals surface area contributed by atoms with Gasteiger partial charge in [-0.05, 0) is 37.5 Å². The number of nitrogens with zero attached hydrogens (tertiary/aromatic N) is 2. The van der Waals surface area contributed by atoms with E-state index in [0.29, 0.717) is 28.8 Å². The van der Waals surface area contributed by atoms with Crippen LogP contribution in [0.3, 0.4) is 0 Å². The molecule has 2 aliphatic rings. The van der Waals surface area contributed by atoms with E-state index in [2.05, 4.69) is 20.6 Å². The molecule has 1 aromatic carbocycles. The van der Waals surface area contributed by atoms with Gasteiger partial charge in [0.25, 0.3) is 0 Å². The Kier molecular flexibility index (Phi) is 6.50. The Morgan fingerprint density at radius 1 is 1.28 bits per heavy atom. The lowest BCUT2D eigenvalue weighted by Gasteiger charge is -2.39. The van der Waals surface area contributed by atoms with Crippen molar-refractivity contribution in [3.05, 3.63) is 40.7 Å². The Balaban J connectivity index is 1.45. The number of aromatic nitrogens is 2. The number of aryl methyl sites for hydroxylation is 1. The first kappa shape index (κ1) is 20.3. The maximum Gasteiger partial charge on any atom is 0.221 e. The maximum absolute atomic E-state index is 8.99. The number of hydrogen-bond acceptors (Lipinski definition) is 7. The van der Waals surface area contributed by atoms with Crippen molar-refractivity contribution in [3.63, 3.8) is 0 Å². The van der Waals surface area contributed by atoms with Crippen LogP contribution >= 0.6 is 11.6 Å². The van der Waals surface area contributed by atoms with Crippen LogP contribution in [0.4, 0.5) is 11.5 Å². The zero-order chi connectivity index (χ0) is 20.2. The van der Waals surface area contributed by atoms with Crippen LogP contribution in [-0.2, 0) is 11.2 Å². The molecule has 0 spiro atoms. The first-order valence-corrected chi connectivity index (χ1v) is 10.5. The molecule has 7 nitrogen and oxygen atoms in total. The standard InChI is InChI=1S/C21H27ClN4O3/c1-13-20(26-19-5-4-14(3-2-6-27)7-18(19)22)23-12-24-21(13)29-17-8-15-10-28-11-16(9-17)25-15/h4-5,7,12,15-17,25,27H,2-3,6,8-11H2,1H3,(H,23,24,26). The number of aliphatic hydroxyl groups is 1. The number of fused-ring (bicyclic) bond motifs is 2. The van der Waals surface area contributed by atoms with Crippen molar-refractivity contribution < 1.29 is 14.6 Å². The van der Waals surface area contributed by atoms with E-state index in [1.165, 1.54) is 6.33 Å². The van der Waals surface area contributed by atoms with Gasteiger partial charge in [-0.25, -0.2) is 9.97 Å². The summed E-state index contributed by atoms with van der Waals surface area (Å²) in [6.07, 6.45) is 4.96. The highest BCUT2D eigenvalue weighted by atomic mass is 35.5. The van der Waals surface area contributed by atoms with Gasteiger partial charge in [-0.2, -0.15) is 0 Å². The van der Waals surface area contributed by atoms with E-state index in [1.807, 2.05) is 25.1 Å². The predicted octanol–water partition coefficient (Wildman–Crippen LogP) is 3.01. The van der Waals surface area contributed by atoms with Crippen molar-refractivity contribution in [2.45, 2.75) is 50.8 Å². The highest BCUT2D eigenvalue weighted by Gasteiger charge is 2.33. The summed E-state index contributed by atoms with van der Waals surface area (Å²) in [4.78, 5) is 8.73. The average Bonchev–Trinajstić information content (AvgIpc) is 2.71. The molecule has 0 amide bonds. The summed E-state index contributed by atoms with van der Waals surface area (Å²) in [6, 6.07) is 6.55. The smallest absolute Gasteiger partial charge is 0.221 e. The number of halogens is 1. The third kappa shape index (κ3) is 4.98. The average molecular weight is 419 g/mol. The van der Waals surface area contributed by atoms with Crippen LogP contribution in [-0.4, -0.2) is 53.1 Å². The van der Waals surface area contributed by atoms with Gasteiger partial charge in [0.05, 0.1) is 29.5 Å². The molecule has 0 aliphatic carbocycles. The van der Waals surface area contributed by atoms with Gasteiger partial charge in [0.1, 0.15) is 18.2 Å². The third-order valence-electron chi connectivity index (χ3n) is 5.43. The molecule has 4 rings (SSSR count). The molecular weight excluding hydrogens is 392 g/mol. The molecule has 0 saturated carbocycles. The minimum Gasteiger partial charge on any atom is -0.474 e. The number of anilines is 2. The molecule has 2 fully saturated rings. The van der Waals surface area contributed by atoms with E-state index in [1.54, 1.807) is 0 Å². The number of benzene rings is 1. The van der Waals surface area contributed by atoms with Crippen molar-refractivity contribution in [3.8, 4) is 5.88 Å². The fraction of sp³-hybridized carbons (Fsp3) is 0.524. The van der Waals surface area contributed by atoms with E-state index in [4.69, 9.17) is 26.2 Å². The molecule has 2 atom stereocenters. The van der Waals surface area contributed by atoms with Crippen LogP contribution in [0, 0.1) is 6.92 Å². The number of ether oxygens (including phenoxy) is 2. The summed E-state index contributed by atoms with van der Waals surface area (Å²) >= 11 is 6.44. The molecule has 8 heteroatoms. The predicted molar refractivity (Wildman–Crippen MR) is 112 cm³/mol. The third-order valence-corrected chi connectivity index (χ3v) is 5.74. The minimum absolute atomic E-state index is 0.117. The summed E-state index contributed by atoms with van der Waals surface area (Å²) in [5, 5.41) is 16.5. The van der Waals surface area contributed by atoms with Crippen molar-refractivity contribution in [2.75, 3.05) is 25.1 Å². The lowest BCUT2D eigenvalue weighted by atomic mass is 9.95. The first-order valence-electron chi connectivity index (χ1n) is 10.1. The Bertz CT molecular complexity index is 839. The molecule has 29 heavy (non-hydrogen) atoms. The molecule has 3 heterocycles. The SMILES string of the molecule is Cc1c(Nc2ccc(CCCO)cc2Cl)ncnc1OC1CC2COCC(C1)N2. The number of nitrogens with one attached hydrogen (secondary N) is 2. The first-order chi connectivity index (χ1) is 14.1. The fourth-order valence-corrected chi connectivity index (χ4v) is 4.19. The Morgan fingerprint density at radius 3 is 2.79 bits per heavy atom. The highest BCUT2D eigenvalue weighted by Crippen LogP contribution is 2.31. The van der Waals surface area contributed by atoms with Gasteiger partial charge < -0.3 is 25.2 Å². The van der Waals surface area contributed by atoms with Crippen molar-refractivity contribution in [2.24, 2.45) is 0 Å². The van der Waals surface area contributed by atoms with Gasteiger partial charge in [-0.1, -0.05) is 17.7 Å². The summed E-state index contributed by atoms with van der Waals surface area (Å²) in [7, 11) is 0. The lowest BCUT2D eigenvalue weighted by molar-refractivity contribution is -0.0134. The zero-order valence-corrected chi connectivity index (χ0v) is 17.3. The van der Waals surface area contributed by atoms with Gasteiger partial charge >= 0.3 is 0 Å². The maximum atomic E-state index is 8.99. The van der Waals surface area contributed by atoms with Gasteiger partial charge in [-0.3, -0.25) is 0 Å². The van der Waals surface area contributed by atoms with E-state index >= 15 is 0 Å². The molecule has 1 aromatic heterocycles. The van der Waals surface area contributed by atoms with Gasteiger partial charge in [-0.15, -0.1) is 0 Å². The zero-order valence-electron chi connectivity index (χ0n) is 16.5. The normalized spacial score (nSPS) is 23.6. The van der Waals surface area contributed by atoms with Crippen LogP contribution in [0.5, 0.6) is 5.88 Å². The van der Waals surface area contributed by atoms with Crippen LogP contribution in [0.1, 0.15) is 30.4 Å². The Morgan fingerprint density at radius 2 is 2.07 bits per heavy atom. The second-order valence-electron chi connectivity index (χ2n) is 7.73. The molecule has 156 valence electrons. The van der Waals surface area contributed by atoms with E-state index in [0.717, 1.165) is 55.7 Å². The molecule has 2 bridgehead atoms. The molecular formula is C21H27ClN4O3. The quantitative estimate of drug-likeness (QED) is 0.636. The van der Waals surface area contributed by atoms with Crippen LogP contribution < -0.4 is 15.4 Å². The monoisotopic (exact) mass is 418 g/mol. The molecule has 2 aliphatic heterocycles. The van der Waals surface area contributed by atoms with Crippen molar-refractivity contribution in [1.29, 1.82) is 0 Å². The highest BCUT2D eigenvalue weighted by molar-refractivity contribution is 6.33. The van der Waals surface area contributed by atoms with E-state index in [9.17, 15) is 0 Å².